The van der Waals surface area contributed by atoms with Gasteiger partial charge < -0.3 is 10.6 Å². The van der Waals surface area contributed by atoms with Crippen molar-refractivity contribution in [2.75, 3.05) is 26.2 Å². The number of benzene rings is 1. The van der Waals surface area contributed by atoms with E-state index in [2.05, 4.69) is 23.8 Å². The monoisotopic (exact) mass is 387 g/mol. The molecule has 1 aromatic carbocycles. The first-order valence-electron chi connectivity index (χ1n) is 7.42. The van der Waals surface area contributed by atoms with E-state index in [4.69, 9.17) is 0 Å². The highest BCUT2D eigenvalue weighted by Crippen LogP contribution is 2.20. The maximum absolute atomic E-state index is 13.9. The Morgan fingerprint density at radius 1 is 1.04 bits per heavy atom. The minimum absolute atomic E-state index is 0.0731. The molecule has 0 aromatic heterocycles. The molecule has 0 bridgehead atoms. The van der Waals surface area contributed by atoms with E-state index in [0.29, 0.717) is 16.4 Å². The standard InChI is InChI=1S/C16H19F2N3O4S/c1-3-7-19-15(22)10-21(11-16(23)20-8-4-2)26(24,25)14-9-12(17)5-6-13(14)18/h3-6,9H,1-2,7-8,10-11H2,(H,19,22)(H,20,23). The summed E-state index contributed by atoms with van der Waals surface area (Å²) in [4.78, 5) is 22.7. The van der Waals surface area contributed by atoms with Gasteiger partial charge >= 0.3 is 0 Å². The van der Waals surface area contributed by atoms with E-state index in [0.717, 1.165) is 6.07 Å². The van der Waals surface area contributed by atoms with Crippen molar-refractivity contribution in [2.24, 2.45) is 0 Å². The zero-order valence-corrected chi connectivity index (χ0v) is 14.7. The first-order valence-corrected chi connectivity index (χ1v) is 8.86. The molecule has 2 N–H and O–H groups in total. The van der Waals surface area contributed by atoms with Crippen LogP contribution in [-0.4, -0.2) is 50.7 Å². The lowest BCUT2D eigenvalue weighted by Gasteiger charge is -2.21. The number of nitrogens with zero attached hydrogens (tertiary/aromatic N) is 1. The molecule has 0 unspecified atom stereocenters. The van der Waals surface area contributed by atoms with Crippen LogP contribution in [0.25, 0.3) is 0 Å². The highest BCUT2D eigenvalue weighted by atomic mass is 32.2. The van der Waals surface area contributed by atoms with Crippen molar-refractivity contribution in [3.63, 3.8) is 0 Å². The van der Waals surface area contributed by atoms with Crippen molar-refractivity contribution in [2.45, 2.75) is 4.90 Å². The van der Waals surface area contributed by atoms with Crippen molar-refractivity contribution < 1.29 is 26.8 Å². The van der Waals surface area contributed by atoms with Crippen LogP contribution in [0.1, 0.15) is 0 Å². The molecule has 1 aromatic rings. The van der Waals surface area contributed by atoms with Gasteiger partial charge in [-0.1, -0.05) is 12.2 Å². The largest absolute Gasteiger partial charge is 0.351 e. The van der Waals surface area contributed by atoms with Gasteiger partial charge in [-0.2, -0.15) is 4.31 Å². The molecule has 0 fully saturated rings. The lowest BCUT2D eigenvalue weighted by molar-refractivity contribution is -0.123. The first-order chi connectivity index (χ1) is 12.2. The fraction of sp³-hybridized carbons (Fsp3) is 0.250. The second kappa shape index (κ2) is 9.78. The number of sulfonamides is 1. The Kier molecular flexibility index (Phi) is 8.07. The van der Waals surface area contributed by atoms with Crippen molar-refractivity contribution in [1.29, 1.82) is 0 Å². The van der Waals surface area contributed by atoms with Gasteiger partial charge in [-0.25, -0.2) is 17.2 Å². The second-order valence-corrected chi connectivity index (χ2v) is 6.94. The normalized spacial score (nSPS) is 11.0. The molecule has 0 aliphatic rings. The van der Waals surface area contributed by atoms with E-state index in [1.54, 1.807) is 0 Å². The summed E-state index contributed by atoms with van der Waals surface area (Å²) in [6.07, 6.45) is 2.75. The van der Waals surface area contributed by atoms with Gasteiger partial charge in [-0.15, -0.1) is 13.2 Å². The Hall–Kier alpha value is -2.59. The number of nitrogens with one attached hydrogen (secondary N) is 2. The minimum Gasteiger partial charge on any atom is -0.351 e. The fourth-order valence-electron chi connectivity index (χ4n) is 1.84. The Morgan fingerprint density at radius 2 is 1.54 bits per heavy atom. The van der Waals surface area contributed by atoms with E-state index >= 15 is 0 Å². The lowest BCUT2D eigenvalue weighted by atomic mass is 10.3. The number of amides is 2. The van der Waals surface area contributed by atoms with Crippen LogP contribution in [0, 0.1) is 11.6 Å². The third kappa shape index (κ3) is 6.05. The maximum Gasteiger partial charge on any atom is 0.247 e. The number of halogens is 2. The van der Waals surface area contributed by atoms with E-state index in [1.165, 1.54) is 12.2 Å². The summed E-state index contributed by atoms with van der Waals surface area (Å²) in [5.41, 5.74) is 0. The summed E-state index contributed by atoms with van der Waals surface area (Å²) in [6.45, 7) is 5.43. The average molecular weight is 387 g/mol. The molecular formula is C16H19F2N3O4S. The Balaban J connectivity index is 3.17. The summed E-state index contributed by atoms with van der Waals surface area (Å²) in [6, 6.07) is 1.89. The predicted octanol–water partition coefficient (Wildman–Crippen LogP) is 0.560. The quantitative estimate of drug-likeness (QED) is 0.574. The van der Waals surface area contributed by atoms with Crippen LogP contribution in [0.3, 0.4) is 0 Å². The molecule has 26 heavy (non-hydrogen) atoms. The summed E-state index contributed by atoms with van der Waals surface area (Å²) < 4.78 is 53.0. The SMILES string of the molecule is C=CCNC(=O)CN(CC(=O)NCC=C)S(=O)(=O)c1cc(F)ccc1F. The van der Waals surface area contributed by atoms with Gasteiger partial charge in [0.1, 0.15) is 16.5 Å². The zero-order chi connectivity index (χ0) is 19.7. The average Bonchev–Trinajstić information content (AvgIpc) is 2.59. The number of carbonyl (C=O) groups excluding carboxylic acids is 2. The summed E-state index contributed by atoms with van der Waals surface area (Å²) in [5, 5.41) is 4.70. The molecular weight excluding hydrogens is 368 g/mol. The number of hydrogen-bond acceptors (Lipinski definition) is 4. The van der Waals surface area contributed by atoms with Crippen molar-refractivity contribution >= 4 is 21.8 Å². The molecule has 142 valence electrons. The van der Waals surface area contributed by atoms with Crippen LogP contribution < -0.4 is 10.6 Å². The molecule has 0 spiro atoms. The molecule has 7 nitrogen and oxygen atoms in total. The van der Waals surface area contributed by atoms with Gasteiger partial charge in [0.15, 0.2) is 0 Å². The van der Waals surface area contributed by atoms with Crippen LogP contribution >= 0.6 is 0 Å². The minimum atomic E-state index is -4.65. The van der Waals surface area contributed by atoms with Gasteiger partial charge in [-0.3, -0.25) is 9.59 Å². The fourth-order valence-corrected chi connectivity index (χ4v) is 3.27. The van der Waals surface area contributed by atoms with E-state index < -0.39 is 51.5 Å². The highest BCUT2D eigenvalue weighted by molar-refractivity contribution is 7.89. The molecule has 1 rings (SSSR count). The molecule has 0 aliphatic carbocycles. The molecule has 2 amide bonds. The number of carbonyl (C=O) groups is 2. The Morgan fingerprint density at radius 3 is 2.00 bits per heavy atom. The van der Waals surface area contributed by atoms with Crippen molar-refractivity contribution in [3.8, 4) is 0 Å². The third-order valence-electron chi connectivity index (χ3n) is 3.04. The van der Waals surface area contributed by atoms with E-state index in [1.807, 2.05) is 0 Å². The highest BCUT2D eigenvalue weighted by Gasteiger charge is 2.31. The van der Waals surface area contributed by atoms with Crippen LogP contribution in [0.4, 0.5) is 8.78 Å². The van der Waals surface area contributed by atoms with Gasteiger partial charge in [-0.05, 0) is 18.2 Å². The first kappa shape index (κ1) is 21.5. The second-order valence-electron chi connectivity index (χ2n) is 5.03. The smallest absolute Gasteiger partial charge is 0.247 e. The van der Waals surface area contributed by atoms with Crippen LogP contribution in [-0.2, 0) is 19.6 Å². The van der Waals surface area contributed by atoms with Crippen molar-refractivity contribution in [3.05, 3.63) is 55.1 Å². The van der Waals surface area contributed by atoms with Gasteiger partial charge in [0.25, 0.3) is 0 Å². The molecule has 10 heteroatoms. The molecule has 0 atom stereocenters. The van der Waals surface area contributed by atoms with Gasteiger partial charge in [0, 0.05) is 13.1 Å². The van der Waals surface area contributed by atoms with Gasteiger partial charge in [0.2, 0.25) is 21.8 Å². The molecule has 0 saturated heterocycles. The molecule has 0 saturated carbocycles. The van der Waals surface area contributed by atoms with Crippen LogP contribution in [0.2, 0.25) is 0 Å². The maximum atomic E-state index is 13.9. The molecule has 0 radical (unpaired) electrons. The zero-order valence-electron chi connectivity index (χ0n) is 13.9. The summed E-state index contributed by atoms with van der Waals surface area (Å²) in [5.74, 6) is -3.64. The van der Waals surface area contributed by atoms with Gasteiger partial charge in [0.05, 0.1) is 13.1 Å². The molecule has 0 heterocycles. The Labute approximate surface area is 150 Å². The van der Waals surface area contributed by atoms with Crippen LogP contribution in [0.5, 0.6) is 0 Å². The number of rotatable bonds is 10. The van der Waals surface area contributed by atoms with Crippen molar-refractivity contribution in [1.82, 2.24) is 14.9 Å². The predicted molar refractivity (Wildman–Crippen MR) is 91.5 cm³/mol. The van der Waals surface area contributed by atoms with E-state index in [-0.39, 0.29) is 13.1 Å². The topological polar surface area (TPSA) is 95.6 Å². The number of hydrogen-bond donors (Lipinski definition) is 2. The van der Waals surface area contributed by atoms with Crippen LogP contribution in [0.15, 0.2) is 48.4 Å². The lowest BCUT2D eigenvalue weighted by Crippen LogP contribution is -2.46. The summed E-state index contributed by atoms with van der Waals surface area (Å²) >= 11 is 0. The molecule has 0 aliphatic heterocycles. The summed E-state index contributed by atoms with van der Waals surface area (Å²) in [7, 11) is -4.65. The van der Waals surface area contributed by atoms with E-state index in [9.17, 15) is 26.8 Å². The third-order valence-corrected chi connectivity index (χ3v) is 4.84. The Bertz CT molecular complexity index is 771.